The lowest BCUT2D eigenvalue weighted by molar-refractivity contribution is -0.145. The predicted molar refractivity (Wildman–Crippen MR) is 83.6 cm³/mol. The monoisotopic (exact) mass is 308 g/mol. The van der Waals surface area contributed by atoms with Crippen molar-refractivity contribution < 1.29 is 14.3 Å². The molecule has 21 heavy (non-hydrogen) atoms. The lowest BCUT2D eigenvalue weighted by Crippen LogP contribution is -2.46. The van der Waals surface area contributed by atoms with Gasteiger partial charge in [0.15, 0.2) is 0 Å². The van der Waals surface area contributed by atoms with E-state index in [1.54, 1.807) is 12.0 Å². The van der Waals surface area contributed by atoms with Gasteiger partial charge in [0.1, 0.15) is 5.75 Å². The standard InChI is InChI=1S/C15H20N2O3S/c1-20-13-5-3-2-4-12(13)6-7-16-14(18)15(19)17-8-10-21-11-9-17/h2-5H,6-11H2,1H3,(H,16,18). The number of rotatable bonds is 4. The number of amides is 2. The van der Waals surface area contributed by atoms with E-state index in [2.05, 4.69) is 5.32 Å². The average molecular weight is 308 g/mol. The first-order valence-electron chi connectivity index (χ1n) is 6.99. The van der Waals surface area contributed by atoms with Crippen LogP contribution in [0.3, 0.4) is 0 Å². The zero-order valence-electron chi connectivity index (χ0n) is 12.1. The number of carbonyl (C=O) groups is 2. The van der Waals surface area contributed by atoms with Crippen molar-refractivity contribution >= 4 is 23.6 Å². The fraction of sp³-hybridized carbons (Fsp3) is 0.467. The van der Waals surface area contributed by atoms with Crippen LogP contribution in [0.1, 0.15) is 5.56 Å². The van der Waals surface area contributed by atoms with E-state index in [-0.39, 0.29) is 0 Å². The first-order chi connectivity index (χ1) is 10.2. The summed E-state index contributed by atoms with van der Waals surface area (Å²) in [5.41, 5.74) is 1.02. The van der Waals surface area contributed by atoms with Crippen molar-refractivity contribution in [3.8, 4) is 5.75 Å². The van der Waals surface area contributed by atoms with Crippen LogP contribution >= 0.6 is 11.8 Å². The van der Waals surface area contributed by atoms with Crippen molar-refractivity contribution in [1.29, 1.82) is 0 Å². The van der Waals surface area contributed by atoms with Crippen LogP contribution in [0, 0.1) is 0 Å². The Morgan fingerprint density at radius 3 is 2.71 bits per heavy atom. The maximum Gasteiger partial charge on any atom is 0.311 e. The van der Waals surface area contributed by atoms with Crippen LogP contribution in [0.2, 0.25) is 0 Å². The predicted octanol–water partition coefficient (Wildman–Crippen LogP) is 0.929. The van der Waals surface area contributed by atoms with E-state index in [4.69, 9.17) is 4.74 Å². The van der Waals surface area contributed by atoms with Crippen LogP contribution < -0.4 is 10.1 Å². The lowest BCUT2D eigenvalue weighted by atomic mass is 10.1. The number of para-hydroxylation sites is 1. The molecular formula is C15H20N2O3S. The van der Waals surface area contributed by atoms with Gasteiger partial charge in [-0.1, -0.05) is 18.2 Å². The molecule has 1 aromatic carbocycles. The fourth-order valence-corrected chi connectivity index (χ4v) is 3.11. The molecule has 6 heteroatoms. The lowest BCUT2D eigenvalue weighted by Gasteiger charge is -2.25. The van der Waals surface area contributed by atoms with Crippen molar-refractivity contribution in [3.63, 3.8) is 0 Å². The molecule has 2 rings (SSSR count). The van der Waals surface area contributed by atoms with E-state index in [0.717, 1.165) is 22.8 Å². The molecule has 5 nitrogen and oxygen atoms in total. The molecule has 0 unspecified atom stereocenters. The Morgan fingerprint density at radius 1 is 1.29 bits per heavy atom. The number of ether oxygens (including phenoxy) is 1. The minimum absolute atomic E-state index is 0.421. The molecular weight excluding hydrogens is 288 g/mol. The highest BCUT2D eigenvalue weighted by molar-refractivity contribution is 7.99. The second-order valence-electron chi connectivity index (χ2n) is 4.72. The van der Waals surface area contributed by atoms with Crippen LogP contribution in [0.4, 0.5) is 0 Å². The van der Waals surface area contributed by atoms with Gasteiger partial charge in [-0.15, -0.1) is 0 Å². The van der Waals surface area contributed by atoms with Gasteiger partial charge in [0.2, 0.25) is 0 Å². The van der Waals surface area contributed by atoms with Gasteiger partial charge < -0.3 is 15.0 Å². The molecule has 1 saturated heterocycles. The number of hydrogen-bond donors (Lipinski definition) is 1. The summed E-state index contributed by atoms with van der Waals surface area (Å²) in [7, 11) is 1.62. The van der Waals surface area contributed by atoms with Gasteiger partial charge in [-0.3, -0.25) is 9.59 Å². The number of hydrogen-bond acceptors (Lipinski definition) is 4. The SMILES string of the molecule is COc1ccccc1CCNC(=O)C(=O)N1CCSCC1. The summed E-state index contributed by atoms with van der Waals surface area (Å²) in [4.78, 5) is 25.4. The third-order valence-corrected chi connectivity index (χ3v) is 4.31. The molecule has 0 saturated carbocycles. The Balaban J connectivity index is 1.79. The number of nitrogens with one attached hydrogen (secondary N) is 1. The molecule has 1 N–H and O–H groups in total. The van der Waals surface area contributed by atoms with E-state index in [0.29, 0.717) is 26.1 Å². The van der Waals surface area contributed by atoms with E-state index in [9.17, 15) is 9.59 Å². The third-order valence-electron chi connectivity index (χ3n) is 3.36. The molecule has 0 spiro atoms. The molecule has 114 valence electrons. The first-order valence-corrected chi connectivity index (χ1v) is 8.14. The third kappa shape index (κ3) is 4.39. The number of benzene rings is 1. The topological polar surface area (TPSA) is 58.6 Å². The maximum atomic E-state index is 11.9. The Kier molecular flexibility index (Phi) is 5.92. The molecule has 1 aliphatic heterocycles. The van der Waals surface area contributed by atoms with E-state index in [1.165, 1.54) is 0 Å². The Labute approximate surface area is 129 Å². The summed E-state index contributed by atoms with van der Waals surface area (Å²) >= 11 is 1.81. The van der Waals surface area contributed by atoms with Gasteiger partial charge in [0.25, 0.3) is 0 Å². The van der Waals surface area contributed by atoms with Crippen LogP contribution in [-0.2, 0) is 16.0 Å². The fourth-order valence-electron chi connectivity index (χ4n) is 2.21. The van der Waals surface area contributed by atoms with Crippen molar-refractivity contribution in [2.45, 2.75) is 6.42 Å². The zero-order chi connectivity index (χ0) is 15.1. The van der Waals surface area contributed by atoms with Crippen molar-refractivity contribution in [2.24, 2.45) is 0 Å². The molecule has 0 bridgehead atoms. The summed E-state index contributed by atoms with van der Waals surface area (Å²) < 4.78 is 5.26. The Hall–Kier alpha value is -1.69. The van der Waals surface area contributed by atoms with E-state index in [1.807, 2.05) is 36.0 Å². The van der Waals surface area contributed by atoms with Gasteiger partial charge in [-0.05, 0) is 18.1 Å². The molecule has 1 aliphatic rings. The minimum Gasteiger partial charge on any atom is -0.496 e. The highest BCUT2D eigenvalue weighted by atomic mass is 32.2. The number of nitrogens with zero attached hydrogens (tertiary/aromatic N) is 1. The van der Waals surface area contributed by atoms with Crippen molar-refractivity contribution in [3.05, 3.63) is 29.8 Å². The number of methoxy groups -OCH3 is 1. The molecule has 1 heterocycles. The quantitative estimate of drug-likeness (QED) is 0.841. The van der Waals surface area contributed by atoms with Crippen LogP contribution in [0.5, 0.6) is 5.75 Å². The molecule has 0 aliphatic carbocycles. The highest BCUT2D eigenvalue weighted by Crippen LogP contribution is 2.17. The summed E-state index contributed by atoms with van der Waals surface area (Å²) in [6.07, 6.45) is 0.638. The number of thioether (sulfide) groups is 1. The van der Waals surface area contributed by atoms with Crippen molar-refractivity contribution in [2.75, 3.05) is 38.2 Å². The summed E-state index contributed by atoms with van der Waals surface area (Å²) in [6.45, 7) is 1.74. The van der Waals surface area contributed by atoms with Crippen molar-refractivity contribution in [1.82, 2.24) is 10.2 Å². The zero-order valence-corrected chi connectivity index (χ0v) is 12.9. The molecule has 0 radical (unpaired) electrons. The van der Waals surface area contributed by atoms with Gasteiger partial charge in [-0.2, -0.15) is 11.8 Å². The van der Waals surface area contributed by atoms with Gasteiger partial charge >= 0.3 is 11.8 Å². The second-order valence-corrected chi connectivity index (χ2v) is 5.95. The van der Waals surface area contributed by atoms with Gasteiger partial charge in [0, 0.05) is 31.1 Å². The maximum absolute atomic E-state index is 11.9. The summed E-state index contributed by atoms with van der Waals surface area (Å²) in [5.74, 6) is 1.67. The normalized spacial score (nSPS) is 14.6. The largest absolute Gasteiger partial charge is 0.496 e. The minimum atomic E-state index is -0.517. The average Bonchev–Trinajstić information content (AvgIpc) is 2.55. The first kappa shape index (κ1) is 15.7. The molecule has 2 amide bonds. The van der Waals surface area contributed by atoms with E-state index < -0.39 is 11.8 Å². The Morgan fingerprint density at radius 2 is 2.00 bits per heavy atom. The van der Waals surface area contributed by atoms with Gasteiger partial charge in [0.05, 0.1) is 7.11 Å². The molecule has 1 aromatic rings. The summed E-state index contributed by atoms with van der Waals surface area (Å²) in [6, 6.07) is 7.66. The van der Waals surface area contributed by atoms with Gasteiger partial charge in [-0.25, -0.2) is 0 Å². The smallest absolute Gasteiger partial charge is 0.311 e. The van der Waals surface area contributed by atoms with Crippen LogP contribution in [0.25, 0.3) is 0 Å². The number of carbonyl (C=O) groups excluding carboxylic acids is 2. The molecule has 1 fully saturated rings. The molecule has 0 aromatic heterocycles. The van der Waals surface area contributed by atoms with E-state index >= 15 is 0 Å². The molecule has 0 atom stereocenters. The van der Waals surface area contributed by atoms with Crippen LogP contribution in [0.15, 0.2) is 24.3 Å². The summed E-state index contributed by atoms with van der Waals surface area (Å²) in [5, 5.41) is 2.69. The second kappa shape index (κ2) is 7.93. The highest BCUT2D eigenvalue weighted by Gasteiger charge is 2.22. The Bertz CT molecular complexity index is 501. The van der Waals surface area contributed by atoms with Crippen LogP contribution in [-0.4, -0.2) is 55.0 Å².